The van der Waals surface area contributed by atoms with Gasteiger partial charge in [-0.2, -0.15) is 0 Å². The molecule has 1 amide bonds. The molecule has 2 aliphatic heterocycles. The third-order valence-electron chi connectivity index (χ3n) is 7.41. The second-order valence-corrected chi connectivity index (χ2v) is 11.2. The summed E-state index contributed by atoms with van der Waals surface area (Å²) in [5.74, 6) is 1.66. The van der Waals surface area contributed by atoms with E-state index < -0.39 is 0 Å². The number of para-hydroxylation sites is 1. The van der Waals surface area contributed by atoms with Crippen molar-refractivity contribution in [2.75, 3.05) is 45.1 Å². The van der Waals surface area contributed by atoms with Gasteiger partial charge in [-0.25, -0.2) is 0 Å². The molecule has 8 nitrogen and oxygen atoms in total. The highest BCUT2D eigenvalue weighted by Gasteiger charge is 2.34. The van der Waals surface area contributed by atoms with Gasteiger partial charge in [0.15, 0.2) is 5.76 Å². The molecule has 6 rings (SSSR count). The molecule has 40 heavy (non-hydrogen) atoms. The Morgan fingerprint density at radius 2 is 1.82 bits per heavy atom. The molecule has 0 spiro atoms. The van der Waals surface area contributed by atoms with Gasteiger partial charge in [-0.3, -0.25) is 24.8 Å². The Labute approximate surface area is 237 Å². The molecular weight excluding hydrogens is 524 g/mol. The van der Waals surface area contributed by atoms with Crippen LogP contribution in [-0.4, -0.2) is 71.8 Å². The fourth-order valence-electron chi connectivity index (χ4n) is 5.25. The van der Waals surface area contributed by atoms with Crippen molar-refractivity contribution in [1.29, 1.82) is 0 Å². The minimum Gasteiger partial charge on any atom is -0.486 e. The van der Waals surface area contributed by atoms with Crippen LogP contribution in [0.3, 0.4) is 0 Å². The van der Waals surface area contributed by atoms with Crippen molar-refractivity contribution in [2.24, 2.45) is 0 Å². The minimum absolute atomic E-state index is 0.108. The second kappa shape index (κ2) is 12.2. The highest BCUT2D eigenvalue weighted by molar-refractivity contribution is 7.99. The van der Waals surface area contributed by atoms with Gasteiger partial charge in [-0.05, 0) is 30.2 Å². The van der Waals surface area contributed by atoms with Crippen LogP contribution in [0.4, 0.5) is 0 Å². The number of amides is 1. The third-order valence-corrected chi connectivity index (χ3v) is 8.68. The smallest absolute Gasteiger partial charge is 0.240 e. The molecule has 0 aliphatic carbocycles. The summed E-state index contributed by atoms with van der Waals surface area (Å²) >= 11 is 1.76. The van der Waals surface area contributed by atoms with Gasteiger partial charge in [0.1, 0.15) is 5.58 Å². The van der Waals surface area contributed by atoms with E-state index in [9.17, 15) is 9.59 Å². The predicted octanol–water partition coefficient (Wildman–Crippen LogP) is 4.17. The van der Waals surface area contributed by atoms with Gasteiger partial charge in [-0.1, -0.05) is 48.5 Å². The highest BCUT2D eigenvalue weighted by Crippen LogP contribution is 2.33. The molecule has 2 fully saturated rings. The van der Waals surface area contributed by atoms with Gasteiger partial charge in [0, 0.05) is 56.4 Å². The molecule has 2 aliphatic rings. The fourth-order valence-corrected chi connectivity index (χ4v) is 6.46. The van der Waals surface area contributed by atoms with E-state index in [1.807, 2.05) is 65.7 Å². The van der Waals surface area contributed by atoms with Crippen LogP contribution in [-0.2, 0) is 4.79 Å². The zero-order valence-electron chi connectivity index (χ0n) is 22.2. The Morgan fingerprint density at radius 1 is 1.02 bits per heavy atom. The molecule has 9 heteroatoms. The Hall–Kier alpha value is -3.66. The highest BCUT2D eigenvalue weighted by atomic mass is 32.2. The van der Waals surface area contributed by atoms with E-state index in [1.54, 1.807) is 30.1 Å². The van der Waals surface area contributed by atoms with Crippen LogP contribution in [0.5, 0.6) is 5.75 Å². The average Bonchev–Trinajstić information content (AvgIpc) is 3.51. The van der Waals surface area contributed by atoms with Crippen LogP contribution in [0.2, 0.25) is 0 Å². The maximum Gasteiger partial charge on any atom is 0.240 e. The van der Waals surface area contributed by atoms with E-state index in [-0.39, 0.29) is 28.5 Å². The number of nitrogens with one attached hydrogen (secondary N) is 1. The van der Waals surface area contributed by atoms with Crippen molar-refractivity contribution in [1.82, 2.24) is 20.1 Å². The number of pyridine rings is 1. The van der Waals surface area contributed by atoms with Crippen LogP contribution in [0.15, 0.2) is 88.3 Å². The number of ether oxygens (including phenoxy) is 1. The number of nitrogens with zero attached hydrogens (tertiary/aromatic N) is 3. The molecule has 2 saturated heterocycles. The van der Waals surface area contributed by atoms with Gasteiger partial charge >= 0.3 is 0 Å². The van der Waals surface area contributed by atoms with E-state index in [2.05, 4.69) is 15.2 Å². The van der Waals surface area contributed by atoms with Gasteiger partial charge in [0.05, 0.1) is 23.4 Å². The summed E-state index contributed by atoms with van der Waals surface area (Å²) < 4.78 is 12.2. The first-order valence-electron chi connectivity index (χ1n) is 13.7. The number of thioether (sulfide) groups is 1. The molecule has 0 saturated carbocycles. The third kappa shape index (κ3) is 5.77. The average molecular weight is 557 g/mol. The quantitative estimate of drug-likeness (QED) is 0.324. The summed E-state index contributed by atoms with van der Waals surface area (Å²) in [7, 11) is 0. The lowest BCUT2D eigenvalue weighted by Gasteiger charge is -2.36. The summed E-state index contributed by atoms with van der Waals surface area (Å²) in [5.41, 5.74) is 2.30. The largest absolute Gasteiger partial charge is 0.486 e. The summed E-state index contributed by atoms with van der Waals surface area (Å²) in [6.07, 6.45) is 4.39. The SMILES string of the molecule is O=C([C@H]1CSC(c2cccnc2)N1)N1CCN(CCCOc2c(-c3ccccc3)oc3ccccc3c2=O)CC1. The van der Waals surface area contributed by atoms with Gasteiger partial charge in [-0.15, -0.1) is 11.8 Å². The van der Waals surface area contributed by atoms with Gasteiger partial charge < -0.3 is 14.1 Å². The van der Waals surface area contributed by atoms with Crippen molar-refractivity contribution in [3.63, 3.8) is 0 Å². The van der Waals surface area contributed by atoms with Crippen molar-refractivity contribution in [2.45, 2.75) is 17.8 Å². The van der Waals surface area contributed by atoms with E-state index >= 15 is 0 Å². The monoisotopic (exact) mass is 556 g/mol. The molecule has 4 aromatic rings. The number of rotatable bonds is 8. The van der Waals surface area contributed by atoms with Crippen LogP contribution in [0.25, 0.3) is 22.3 Å². The topological polar surface area (TPSA) is 87.9 Å². The summed E-state index contributed by atoms with van der Waals surface area (Å²) in [5, 5.41) is 4.09. The molecule has 1 N–H and O–H groups in total. The van der Waals surface area contributed by atoms with Crippen molar-refractivity contribution in [3.05, 3.63) is 94.9 Å². The maximum absolute atomic E-state index is 13.3. The lowest BCUT2D eigenvalue weighted by Crippen LogP contribution is -2.53. The number of fused-ring (bicyclic) bond motifs is 1. The molecule has 1 unspecified atom stereocenters. The van der Waals surface area contributed by atoms with E-state index in [1.165, 1.54) is 0 Å². The number of piperazine rings is 1. The summed E-state index contributed by atoms with van der Waals surface area (Å²) in [6, 6.07) is 20.7. The molecule has 2 atom stereocenters. The Bertz CT molecular complexity index is 1510. The second-order valence-electron chi connectivity index (χ2n) is 10.0. The molecule has 0 bridgehead atoms. The first-order valence-corrected chi connectivity index (χ1v) is 14.7. The first kappa shape index (κ1) is 26.6. The predicted molar refractivity (Wildman–Crippen MR) is 157 cm³/mol. The number of hydrogen-bond acceptors (Lipinski definition) is 8. The Kier molecular flexibility index (Phi) is 8.13. The zero-order valence-corrected chi connectivity index (χ0v) is 23.0. The molecule has 4 heterocycles. The van der Waals surface area contributed by atoms with Crippen LogP contribution < -0.4 is 15.5 Å². The van der Waals surface area contributed by atoms with Gasteiger partial charge in [0.25, 0.3) is 0 Å². The number of benzene rings is 2. The van der Waals surface area contributed by atoms with Crippen LogP contribution >= 0.6 is 11.8 Å². The van der Waals surface area contributed by atoms with E-state index in [4.69, 9.17) is 9.15 Å². The first-order chi connectivity index (χ1) is 19.7. The summed E-state index contributed by atoms with van der Waals surface area (Å²) in [6.45, 7) is 4.32. The lowest BCUT2D eigenvalue weighted by molar-refractivity contribution is -0.134. The van der Waals surface area contributed by atoms with E-state index in [0.29, 0.717) is 36.4 Å². The van der Waals surface area contributed by atoms with Crippen LogP contribution in [0.1, 0.15) is 17.4 Å². The Balaban J connectivity index is 1.01. The number of hydrogen-bond donors (Lipinski definition) is 1. The van der Waals surface area contributed by atoms with Gasteiger partial charge in [0.2, 0.25) is 17.1 Å². The fraction of sp³-hybridized carbons (Fsp3) is 0.323. The minimum atomic E-state index is -0.164. The zero-order chi connectivity index (χ0) is 27.3. The van der Waals surface area contributed by atoms with Crippen LogP contribution in [0, 0.1) is 0 Å². The molecule has 2 aromatic carbocycles. The number of carbonyl (C=O) groups is 1. The number of aromatic nitrogens is 1. The lowest BCUT2D eigenvalue weighted by atomic mass is 10.1. The van der Waals surface area contributed by atoms with E-state index in [0.717, 1.165) is 42.9 Å². The van der Waals surface area contributed by atoms with Crippen molar-refractivity contribution in [3.8, 4) is 17.1 Å². The normalized spacial score (nSPS) is 19.6. The van der Waals surface area contributed by atoms with Crippen molar-refractivity contribution < 1.29 is 13.9 Å². The molecule has 206 valence electrons. The molecule has 0 radical (unpaired) electrons. The molecular formula is C31H32N4O4S. The van der Waals surface area contributed by atoms with Crippen molar-refractivity contribution >= 4 is 28.6 Å². The summed E-state index contributed by atoms with van der Waals surface area (Å²) in [4.78, 5) is 34.9. The Morgan fingerprint density at radius 3 is 2.62 bits per heavy atom. The number of carbonyl (C=O) groups excluding carboxylic acids is 1. The standard InChI is InChI=1S/C31H32N4O4S/c36-27-24-11-4-5-12-26(24)39-28(22-8-2-1-3-9-22)29(27)38-19-7-14-34-15-17-35(18-16-34)31(37)25-21-40-30(33-25)23-10-6-13-32-20-23/h1-6,8-13,20,25,30,33H,7,14-19,21H2/t25-,30?/m1/s1. The maximum atomic E-state index is 13.3. The molecule has 2 aromatic heterocycles.